The first-order valence-electron chi connectivity index (χ1n) is 7.64. The van der Waals surface area contributed by atoms with E-state index < -0.39 is 5.91 Å². The molecule has 126 valence electrons. The normalized spacial score (nSPS) is 15.5. The molecule has 0 aromatic heterocycles. The zero-order valence-electron chi connectivity index (χ0n) is 14.7. The third-order valence-electron chi connectivity index (χ3n) is 4.20. The molecule has 1 N–H and O–H groups in total. The molecule has 1 aliphatic rings. The number of rotatable bonds is 4. The van der Waals surface area contributed by atoms with Gasteiger partial charge in [0.25, 0.3) is 5.91 Å². The third kappa shape index (κ3) is 3.40. The summed E-state index contributed by atoms with van der Waals surface area (Å²) in [6.07, 6.45) is 3.53. The average Bonchev–Trinajstić information content (AvgIpc) is 2.52. The molecule has 6 nitrogen and oxygen atoms in total. The lowest BCUT2D eigenvalue weighted by Crippen LogP contribution is -2.42. The predicted octanol–water partition coefficient (Wildman–Crippen LogP) is 2.69. The number of hydrogen-bond donors (Lipinski definition) is 1. The van der Waals surface area contributed by atoms with E-state index in [1.165, 1.54) is 11.8 Å². The summed E-state index contributed by atoms with van der Waals surface area (Å²) in [5.41, 5.74) is 6.37. The molecule has 1 amide bonds. The predicted molar refractivity (Wildman–Crippen MR) is 95.1 cm³/mol. The van der Waals surface area contributed by atoms with E-state index in [9.17, 15) is 4.79 Å². The standard InChI is InChI=1S/C18H22N4O2/c1-12-10-18(2,3)22(4)15-9-16(24-5)13(8-14(12)15)11-20-21-17(23)6-7-19/h8-11H,6H2,1-5H3,(H,21,23)/b20-11-. The highest BCUT2D eigenvalue weighted by atomic mass is 16.5. The van der Waals surface area contributed by atoms with Crippen LogP contribution in [0.2, 0.25) is 0 Å². The highest BCUT2D eigenvalue weighted by Gasteiger charge is 2.29. The number of nitriles is 1. The molecule has 0 aliphatic carbocycles. The van der Waals surface area contributed by atoms with E-state index in [2.05, 4.69) is 49.3 Å². The third-order valence-corrected chi connectivity index (χ3v) is 4.20. The van der Waals surface area contributed by atoms with Gasteiger partial charge in [-0.05, 0) is 32.4 Å². The summed E-state index contributed by atoms with van der Waals surface area (Å²) in [7, 11) is 3.65. The van der Waals surface area contributed by atoms with Gasteiger partial charge in [-0.15, -0.1) is 0 Å². The van der Waals surface area contributed by atoms with Crippen LogP contribution in [0.1, 0.15) is 38.3 Å². The molecule has 0 spiro atoms. The fourth-order valence-electron chi connectivity index (χ4n) is 2.76. The van der Waals surface area contributed by atoms with Gasteiger partial charge in [-0.25, -0.2) is 5.43 Å². The number of nitrogens with one attached hydrogen (secondary N) is 1. The van der Waals surface area contributed by atoms with Crippen LogP contribution in [0.15, 0.2) is 23.3 Å². The van der Waals surface area contributed by atoms with Gasteiger partial charge in [0.1, 0.15) is 12.2 Å². The number of carbonyl (C=O) groups excluding carboxylic acids is 1. The van der Waals surface area contributed by atoms with E-state index >= 15 is 0 Å². The SMILES string of the molecule is COc1cc2c(cc1/C=N\NC(=O)CC#N)C(C)=CC(C)(C)N2C. The fraction of sp³-hybridized carbons (Fsp3) is 0.389. The molecule has 1 aromatic carbocycles. The molecule has 24 heavy (non-hydrogen) atoms. The lowest BCUT2D eigenvalue weighted by Gasteiger charge is -2.40. The summed E-state index contributed by atoms with van der Waals surface area (Å²) >= 11 is 0. The lowest BCUT2D eigenvalue weighted by atomic mass is 9.88. The Morgan fingerprint density at radius 2 is 2.21 bits per heavy atom. The zero-order chi connectivity index (χ0) is 17.9. The van der Waals surface area contributed by atoms with Gasteiger partial charge in [-0.1, -0.05) is 6.08 Å². The van der Waals surface area contributed by atoms with Gasteiger partial charge in [0.2, 0.25) is 0 Å². The maximum absolute atomic E-state index is 11.3. The molecule has 0 bridgehead atoms. The molecular weight excluding hydrogens is 304 g/mol. The smallest absolute Gasteiger partial charge is 0.254 e. The number of hydrazone groups is 1. The number of nitrogens with zero attached hydrogens (tertiary/aromatic N) is 3. The van der Waals surface area contributed by atoms with Crippen LogP contribution in [0.3, 0.4) is 0 Å². The molecular formula is C18H22N4O2. The van der Waals surface area contributed by atoms with Crippen molar-refractivity contribution in [1.29, 1.82) is 5.26 Å². The van der Waals surface area contributed by atoms with Gasteiger partial charge in [0.15, 0.2) is 0 Å². The topological polar surface area (TPSA) is 77.7 Å². The zero-order valence-corrected chi connectivity index (χ0v) is 14.7. The number of hydrogen-bond acceptors (Lipinski definition) is 5. The molecule has 1 heterocycles. The van der Waals surface area contributed by atoms with Crippen molar-refractivity contribution in [1.82, 2.24) is 5.43 Å². The minimum atomic E-state index is -0.441. The van der Waals surface area contributed by atoms with Crippen molar-refractivity contribution in [2.24, 2.45) is 5.10 Å². The largest absolute Gasteiger partial charge is 0.496 e. The number of methoxy groups -OCH3 is 1. The van der Waals surface area contributed by atoms with Crippen molar-refractivity contribution in [3.63, 3.8) is 0 Å². The van der Waals surface area contributed by atoms with Crippen LogP contribution in [-0.2, 0) is 4.79 Å². The molecule has 0 saturated heterocycles. The van der Waals surface area contributed by atoms with Crippen molar-refractivity contribution in [3.05, 3.63) is 29.3 Å². The Bertz CT molecular complexity index is 757. The summed E-state index contributed by atoms with van der Waals surface area (Å²) in [5, 5.41) is 12.4. The van der Waals surface area contributed by atoms with Crippen LogP contribution in [0, 0.1) is 11.3 Å². The van der Waals surface area contributed by atoms with Crippen LogP contribution < -0.4 is 15.1 Å². The Morgan fingerprint density at radius 3 is 2.83 bits per heavy atom. The van der Waals surface area contributed by atoms with Crippen molar-refractivity contribution < 1.29 is 9.53 Å². The Hall–Kier alpha value is -2.81. The number of fused-ring (bicyclic) bond motifs is 1. The van der Waals surface area contributed by atoms with Crippen LogP contribution in [0.4, 0.5) is 5.69 Å². The number of carbonyl (C=O) groups is 1. The van der Waals surface area contributed by atoms with Gasteiger partial charge in [-0.3, -0.25) is 4.79 Å². The number of allylic oxidation sites excluding steroid dienone is 1. The van der Waals surface area contributed by atoms with Crippen LogP contribution in [0.5, 0.6) is 5.75 Å². The number of amides is 1. The first-order valence-corrected chi connectivity index (χ1v) is 7.64. The van der Waals surface area contributed by atoms with Gasteiger partial charge < -0.3 is 9.64 Å². The first kappa shape index (κ1) is 17.5. The van der Waals surface area contributed by atoms with Gasteiger partial charge >= 0.3 is 0 Å². The van der Waals surface area contributed by atoms with Gasteiger partial charge in [-0.2, -0.15) is 10.4 Å². The summed E-state index contributed by atoms with van der Waals surface area (Å²) < 4.78 is 5.47. The molecule has 0 saturated carbocycles. The Morgan fingerprint density at radius 1 is 1.50 bits per heavy atom. The van der Waals surface area contributed by atoms with Crippen molar-refractivity contribution in [2.75, 3.05) is 19.1 Å². The minimum Gasteiger partial charge on any atom is -0.496 e. The maximum atomic E-state index is 11.3. The average molecular weight is 326 g/mol. The summed E-state index contributed by atoms with van der Waals surface area (Å²) in [6.45, 7) is 6.40. The molecule has 1 aromatic rings. The minimum absolute atomic E-state index is 0.0804. The van der Waals surface area contributed by atoms with Crippen molar-refractivity contribution in [2.45, 2.75) is 32.7 Å². The Labute approximate surface area is 142 Å². The Balaban J connectivity index is 2.39. The van der Waals surface area contributed by atoms with E-state index in [1.807, 2.05) is 12.1 Å². The maximum Gasteiger partial charge on any atom is 0.254 e. The van der Waals surface area contributed by atoms with E-state index in [0.29, 0.717) is 5.75 Å². The quantitative estimate of drug-likeness (QED) is 0.681. The number of ether oxygens (including phenoxy) is 1. The monoisotopic (exact) mass is 326 g/mol. The van der Waals surface area contributed by atoms with Gasteiger partial charge in [0.05, 0.1) is 24.9 Å². The van der Waals surface area contributed by atoms with E-state index in [0.717, 1.165) is 16.8 Å². The highest BCUT2D eigenvalue weighted by molar-refractivity contribution is 5.91. The summed E-state index contributed by atoms with van der Waals surface area (Å²) in [4.78, 5) is 13.5. The Kier molecular flexibility index (Phi) is 4.93. The van der Waals surface area contributed by atoms with E-state index in [4.69, 9.17) is 10.00 Å². The number of anilines is 1. The number of benzene rings is 1. The fourth-order valence-corrected chi connectivity index (χ4v) is 2.76. The molecule has 0 fully saturated rings. The molecule has 0 atom stereocenters. The lowest BCUT2D eigenvalue weighted by molar-refractivity contribution is -0.120. The van der Waals surface area contributed by atoms with Crippen molar-refractivity contribution >= 4 is 23.4 Å². The van der Waals surface area contributed by atoms with Crippen LogP contribution >= 0.6 is 0 Å². The highest BCUT2D eigenvalue weighted by Crippen LogP contribution is 2.40. The molecule has 0 radical (unpaired) electrons. The second-order valence-corrected chi connectivity index (χ2v) is 6.28. The molecule has 0 unspecified atom stereocenters. The molecule has 2 rings (SSSR count). The van der Waals surface area contributed by atoms with Crippen LogP contribution in [-0.4, -0.2) is 31.8 Å². The van der Waals surface area contributed by atoms with Crippen LogP contribution in [0.25, 0.3) is 5.57 Å². The first-order chi connectivity index (χ1) is 11.3. The second kappa shape index (κ2) is 6.75. The molecule has 1 aliphatic heterocycles. The van der Waals surface area contributed by atoms with Gasteiger partial charge in [0, 0.05) is 29.9 Å². The second-order valence-electron chi connectivity index (χ2n) is 6.28. The molecule has 6 heteroatoms. The summed E-state index contributed by atoms with van der Waals surface area (Å²) in [5.74, 6) is 0.229. The number of likely N-dealkylation sites (N-methyl/N-ethyl adjacent to an activating group) is 1. The van der Waals surface area contributed by atoms with E-state index in [-0.39, 0.29) is 12.0 Å². The summed E-state index contributed by atoms with van der Waals surface area (Å²) in [6, 6.07) is 5.74. The van der Waals surface area contributed by atoms with Crippen molar-refractivity contribution in [3.8, 4) is 11.8 Å². The van der Waals surface area contributed by atoms with E-state index in [1.54, 1.807) is 13.2 Å².